The van der Waals surface area contributed by atoms with E-state index in [-0.39, 0.29) is 24.4 Å². The van der Waals surface area contributed by atoms with Crippen molar-refractivity contribution in [2.24, 2.45) is 11.7 Å². The second kappa shape index (κ2) is 6.26. The van der Waals surface area contributed by atoms with Gasteiger partial charge in [-0.15, -0.1) is 0 Å². The quantitative estimate of drug-likeness (QED) is 0.826. The smallest absolute Gasteiger partial charge is 0.224 e. The molecule has 2 unspecified atom stereocenters. The fourth-order valence-corrected chi connectivity index (χ4v) is 2.70. The van der Waals surface area contributed by atoms with Crippen molar-refractivity contribution in [3.8, 4) is 0 Å². The van der Waals surface area contributed by atoms with Gasteiger partial charge in [-0.3, -0.25) is 14.3 Å². The Morgan fingerprint density at radius 1 is 1.57 bits per heavy atom. The summed E-state index contributed by atoms with van der Waals surface area (Å²) in [5.41, 5.74) is 6.31. The van der Waals surface area contributed by atoms with Gasteiger partial charge in [-0.25, -0.2) is 0 Å². The Morgan fingerprint density at radius 2 is 2.29 bits per heavy atom. The van der Waals surface area contributed by atoms with Crippen molar-refractivity contribution in [2.45, 2.75) is 32.4 Å². The molecule has 1 fully saturated rings. The number of hydrogen-bond acceptors (Lipinski definition) is 4. The molecule has 2 rings (SSSR count). The predicted molar refractivity (Wildman–Crippen MR) is 76.2 cm³/mol. The number of rotatable bonds is 6. The highest BCUT2D eigenvalue weighted by Crippen LogP contribution is 2.37. The van der Waals surface area contributed by atoms with E-state index < -0.39 is 11.8 Å². The van der Waals surface area contributed by atoms with E-state index >= 15 is 0 Å². The van der Waals surface area contributed by atoms with Gasteiger partial charge < -0.3 is 15.4 Å². The molecular weight excluding hydrogens is 272 g/mol. The molecule has 1 aromatic rings. The molecule has 2 atom stereocenters. The number of nitrogens with two attached hydrogens (primary N) is 1. The number of methoxy groups -OCH3 is 1. The van der Waals surface area contributed by atoms with Gasteiger partial charge in [-0.2, -0.15) is 5.10 Å². The molecule has 0 saturated carbocycles. The minimum absolute atomic E-state index is 0.0712. The number of carbonyl (C=O) groups excluding carboxylic acids is 2. The van der Waals surface area contributed by atoms with E-state index in [1.54, 1.807) is 18.2 Å². The predicted octanol–water partition coefficient (Wildman–Crippen LogP) is 0.485. The SMILES string of the molecule is COCCN1C(=O)CC(C(N)=O)C1c1cnn(C(C)C)c1. The van der Waals surface area contributed by atoms with Gasteiger partial charge in [-0.05, 0) is 13.8 Å². The molecule has 1 saturated heterocycles. The minimum atomic E-state index is -0.515. The molecule has 21 heavy (non-hydrogen) atoms. The normalized spacial score (nSPS) is 22.3. The Kier molecular flexibility index (Phi) is 4.62. The maximum atomic E-state index is 12.2. The third kappa shape index (κ3) is 3.07. The van der Waals surface area contributed by atoms with Crippen LogP contribution in [-0.4, -0.2) is 46.8 Å². The monoisotopic (exact) mass is 294 g/mol. The fraction of sp³-hybridized carbons (Fsp3) is 0.643. The minimum Gasteiger partial charge on any atom is -0.383 e. The Morgan fingerprint density at radius 3 is 2.81 bits per heavy atom. The maximum Gasteiger partial charge on any atom is 0.224 e. The van der Waals surface area contributed by atoms with Gasteiger partial charge in [0.15, 0.2) is 0 Å². The molecular formula is C14H22N4O3. The van der Waals surface area contributed by atoms with Crippen LogP contribution >= 0.6 is 0 Å². The molecule has 7 heteroatoms. The van der Waals surface area contributed by atoms with Crippen molar-refractivity contribution in [3.05, 3.63) is 18.0 Å². The number of primary amides is 1. The number of aromatic nitrogens is 2. The lowest BCUT2D eigenvalue weighted by Crippen LogP contribution is -2.34. The first kappa shape index (κ1) is 15.5. The third-order valence-corrected chi connectivity index (χ3v) is 3.83. The van der Waals surface area contributed by atoms with Crippen LogP contribution in [0.5, 0.6) is 0 Å². The van der Waals surface area contributed by atoms with Crippen molar-refractivity contribution in [3.63, 3.8) is 0 Å². The summed E-state index contributed by atoms with van der Waals surface area (Å²) >= 11 is 0. The highest BCUT2D eigenvalue weighted by molar-refractivity contribution is 5.89. The molecule has 116 valence electrons. The van der Waals surface area contributed by atoms with Crippen LogP contribution in [0, 0.1) is 5.92 Å². The summed E-state index contributed by atoms with van der Waals surface area (Å²) in [4.78, 5) is 25.5. The summed E-state index contributed by atoms with van der Waals surface area (Å²) in [5.74, 6) is -1.04. The Bertz CT molecular complexity index is 526. The Balaban J connectivity index is 2.31. The molecule has 1 aromatic heterocycles. The standard InChI is InChI=1S/C14H22N4O3/c1-9(2)18-8-10(7-16-18)13-11(14(15)20)6-12(19)17(13)4-5-21-3/h7-9,11,13H,4-6H2,1-3H3,(H2,15,20). The van der Waals surface area contributed by atoms with Gasteiger partial charge in [0, 0.05) is 37.9 Å². The topological polar surface area (TPSA) is 90.4 Å². The first-order chi connectivity index (χ1) is 9.95. The molecule has 2 heterocycles. The van der Waals surface area contributed by atoms with E-state index in [1.807, 2.05) is 24.7 Å². The van der Waals surface area contributed by atoms with Crippen LogP contribution in [0.15, 0.2) is 12.4 Å². The first-order valence-corrected chi connectivity index (χ1v) is 7.07. The zero-order chi connectivity index (χ0) is 15.6. The van der Waals surface area contributed by atoms with Crippen LogP contribution in [-0.2, 0) is 14.3 Å². The number of carbonyl (C=O) groups is 2. The van der Waals surface area contributed by atoms with Crippen molar-refractivity contribution in [2.75, 3.05) is 20.3 Å². The van der Waals surface area contributed by atoms with Crippen molar-refractivity contribution in [1.29, 1.82) is 0 Å². The van der Waals surface area contributed by atoms with Gasteiger partial charge in [-0.1, -0.05) is 0 Å². The van der Waals surface area contributed by atoms with Gasteiger partial charge >= 0.3 is 0 Å². The largest absolute Gasteiger partial charge is 0.383 e. The van der Waals surface area contributed by atoms with Gasteiger partial charge in [0.2, 0.25) is 11.8 Å². The number of nitrogens with zero attached hydrogens (tertiary/aromatic N) is 3. The van der Waals surface area contributed by atoms with Gasteiger partial charge in [0.25, 0.3) is 0 Å². The summed E-state index contributed by atoms with van der Waals surface area (Å²) in [6.07, 6.45) is 3.74. The summed E-state index contributed by atoms with van der Waals surface area (Å²) in [5, 5.41) is 4.29. The van der Waals surface area contributed by atoms with E-state index in [0.29, 0.717) is 13.2 Å². The first-order valence-electron chi connectivity index (χ1n) is 7.07. The van der Waals surface area contributed by atoms with Gasteiger partial charge in [0.05, 0.1) is 24.8 Å². The Hall–Kier alpha value is -1.89. The van der Waals surface area contributed by atoms with Gasteiger partial charge in [0.1, 0.15) is 0 Å². The van der Waals surface area contributed by atoms with E-state index in [1.165, 1.54) is 0 Å². The molecule has 1 aliphatic rings. The lowest BCUT2D eigenvalue weighted by molar-refractivity contribution is -0.129. The third-order valence-electron chi connectivity index (χ3n) is 3.83. The molecule has 0 aromatic carbocycles. The molecule has 0 aliphatic carbocycles. The van der Waals surface area contributed by atoms with E-state index in [9.17, 15) is 9.59 Å². The maximum absolute atomic E-state index is 12.2. The van der Waals surface area contributed by atoms with Crippen LogP contribution < -0.4 is 5.73 Å². The highest BCUT2D eigenvalue weighted by Gasteiger charge is 2.43. The summed E-state index contributed by atoms with van der Waals surface area (Å²) in [7, 11) is 1.58. The van der Waals surface area contributed by atoms with Crippen molar-refractivity contribution in [1.82, 2.24) is 14.7 Å². The fourth-order valence-electron chi connectivity index (χ4n) is 2.70. The zero-order valence-electron chi connectivity index (χ0n) is 12.7. The molecule has 0 spiro atoms. The summed E-state index contributed by atoms with van der Waals surface area (Å²) in [6.45, 7) is 4.90. The van der Waals surface area contributed by atoms with Crippen LogP contribution in [0.1, 0.15) is 37.9 Å². The molecule has 1 aliphatic heterocycles. The van der Waals surface area contributed by atoms with Crippen molar-refractivity contribution >= 4 is 11.8 Å². The number of amides is 2. The number of ether oxygens (including phenoxy) is 1. The summed E-state index contributed by atoms with van der Waals surface area (Å²) < 4.78 is 6.85. The Labute approximate surface area is 124 Å². The second-order valence-electron chi connectivity index (χ2n) is 5.59. The summed E-state index contributed by atoms with van der Waals surface area (Å²) in [6, 6.07) is -0.132. The average Bonchev–Trinajstić information content (AvgIpc) is 3.01. The zero-order valence-corrected chi connectivity index (χ0v) is 12.7. The molecule has 0 bridgehead atoms. The molecule has 7 nitrogen and oxygen atoms in total. The van der Waals surface area contributed by atoms with Crippen LogP contribution in [0.25, 0.3) is 0 Å². The second-order valence-corrected chi connectivity index (χ2v) is 5.59. The number of hydrogen-bond donors (Lipinski definition) is 1. The number of likely N-dealkylation sites (tertiary alicyclic amines) is 1. The van der Waals surface area contributed by atoms with E-state index in [4.69, 9.17) is 10.5 Å². The van der Waals surface area contributed by atoms with Crippen molar-refractivity contribution < 1.29 is 14.3 Å². The highest BCUT2D eigenvalue weighted by atomic mass is 16.5. The average molecular weight is 294 g/mol. The lowest BCUT2D eigenvalue weighted by Gasteiger charge is -2.26. The van der Waals surface area contributed by atoms with Crippen LogP contribution in [0.2, 0.25) is 0 Å². The molecule has 2 N–H and O–H groups in total. The molecule has 2 amide bonds. The van der Waals surface area contributed by atoms with E-state index in [2.05, 4.69) is 5.10 Å². The van der Waals surface area contributed by atoms with E-state index in [0.717, 1.165) is 5.56 Å². The lowest BCUT2D eigenvalue weighted by atomic mass is 9.95. The van der Waals surface area contributed by atoms with Crippen LogP contribution in [0.4, 0.5) is 0 Å². The molecule has 0 radical (unpaired) electrons. The van der Waals surface area contributed by atoms with Crippen LogP contribution in [0.3, 0.4) is 0 Å².